The number of aliphatic hydroxyl groups excluding tert-OH is 2. The Morgan fingerprint density at radius 3 is 2.81 bits per heavy atom. The minimum atomic E-state index is -1.64. The summed E-state index contributed by atoms with van der Waals surface area (Å²) in [5.74, 6) is -1.19. The first-order valence-corrected chi connectivity index (χ1v) is 9.66. The van der Waals surface area contributed by atoms with Gasteiger partial charge in [0.1, 0.15) is 12.2 Å². The van der Waals surface area contributed by atoms with Crippen LogP contribution in [0.25, 0.3) is 0 Å². The van der Waals surface area contributed by atoms with Gasteiger partial charge in [-0.1, -0.05) is 19.4 Å². The quantitative estimate of drug-likeness (QED) is 0.694. The second-order valence-corrected chi connectivity index (χ2v) is 9.19. The standard InChI is InChI=1S/C21H30O5/c1-19-7-5-13(23)9-12(19)3-4-14-15-6-8-21(26,17(25)11-22)20(15,2)10-16(24)18(14)19/h9,14-16,18,22,24,26H,3-8,10-11H2,1-2H3/t14?,15?,16?,18?,19-,20-,21-/m0/s1/i5D,7D/t5?,7?,14?,15?,16?,18?,19-,20-,21-. The second-order valence-electron chi connectivity index (χ2n) is 9.19. The van der Waals surface area contributed by atoms with Gasteiger partial charge in [0.2, 0.25) is 0 Å². The van der Waals surface area contributed by atoms with E-state index in [0.717, 1.165) is 12.0 Å². The topological polar surface area (TPSA) is 94.8 Å². The van der Waals surface area contributed by atoms with Crippen molar-refractivity contribution in [2.45, 2.75) is 70.5 Å². The van der Waals surface area contributed by atoms with Crippen LogP contribution < -0.4 is 0 Å². The van der Waals surface area contributed by atoms with Gasteiger partial charge < -0.3 is 15.3 Å². The smallest absolute Gasteiger partial charge is 0.190 e. The van der Waals surface area contributed by atoms with E-state index >= 15 is 0 Å². The van der Waals surface area contributed by atoms with Gasteiger partial charge in [-0.2, -0.15) is 0 Å². The largest absolute Gasteiger partial charge is 0.393 e. The van der Waals surface area contributed by atoms with E-state index in [1.807, 2.05) is 13.8 Å². The molecule has 26 heavy (non-hydrogen) atoms. The van der Waals surface area contributed by atoms with Crippen LogP contribution in [0.2, 0.25) is 0 Å². The molecule has 0 aromatic heterocycles. The number of Topliss-reactive ketones (excluding diaryl/α,β-unsaturated/α-hetero) is 1. The number of aliphatic hydroxyl groups is 3. The fourth-order valence-electron chi connectivity index (χ4n) is 6.92. The van der Waals surface area contributed by atoms with E-state index in [2.05, 4.69) is 0 Å². The van der Waals surface area contributed by atoms with E-state index in [1.165, 1.54) is 6.08 Å². The van der Waals surface area contributed by atoms with Crippen LogP contribution in [0.4, 0.5) is 0 Å². The molecular weight excluding hydrogens is 332 g/mol. The molecule has 0 heterocycles. The first-order chi connectivity index (χ1) is 13.0. The summed E-state index contributed by atoms with van der Waals surface area (Å²) in [6, 6.07) is 0. The number of fused-ring (bicyclic) bond motifs is 5. The maximum absolute atomic E-state index is 12.4. The third-order valence-electron chi connectivity index (χ3n) is 8.25. The molecule has 5 nitrogen and oxygen atoms in total. The van der Waals surface area contributed by atoms with E-state index in [9.17, 15) is 24.9 Å². The molecule has 9 atom stereocenters. The molecule has 3 saturated carbocycles. The average molecular weight is 364 g/mol. The summed E-state index contributed by atoms with van der Waals surface area (Å²) in [6.45, 7) is 3.04. The minimum absolute atomic E-state index is 0.00432. The average Bonchev–Trinajstić information content (AvgIpc) is 2.92. The lowest BCUT2D eigenvalue weighted by Gasteiger charge is -2.60. The van der Waals surface area contributed by atoms with Gasteiger partial charge in [-0.05, 0) is 67.7 Å². The van der Waals surface area contributed by atoms with Crippen molar-refractivity contribution in [1.29, 1.82) is 0 Å². The molecule has 0 spiro atoms. The molecule has 0 amide bonds. The second kappa shape index (κ2) is 5.73. The molecule has 4 aliphatic rings. The summed E-state index contributed by atoms with van der Waals surface area (Å²) < 4.78 is 16.8. The summed E-state index contributed by atoms with van der Waals surface area (Å²) in [6.07, 6.45) is 1.08. The van der Waals surface area contributed by atoms with Gasteiger partial charge in [0.25, 0.3) is 0 Å². The predicted molar refractivity (Wildman–Crippen MR) is 95.1 cm³/mol. The lowest BCUT2D eigenvalue weighted by Crippen LogP contribution is -2.62. The zero-order chi connectivity index (χ0) is 20.6. The monoisotopic (exact) mass is 364 g/mol. The van der Waals surface area contributed by atoms with Crippen molar-refractivity contribution in [3.05, 3.63) is 11.6 Å². The van der Waals surface area contributed by atoms with E-state index in [0.29, 0.717) is 12.8 Å². The van der Waals surface area contributed by atoms with Crippen LogP contribution in [0.3, 0.4) is 0 Å². The van der Waals surface area contributed by atoms with Crippen LogP contribution in [0, 0.1) is 28.6 Å². The van der Waals surface area contributed by atoms with Crippen molar-refractivity contribution in [3.63, 3.8) is 0 Å². The summed E-state index contributed by atoms with van der Waals surface area (Å²) in [5, 5.41) is 31.8. The fraction of sp³-hybridized carbons (Fsp3) is 0.810. The predicted octanol–water partition coefficient (Wildman–Crippen LogP) is 1.78. The van der Waals surface area contributed by atoms with Gasteiger partial charge in [-0.25, -0.2) is 0 Å². The molecule has 5 heteroatoms. The first kappa shape index (κ1) is 16.0. The Kier molecular flexibility index (Phi) is 3.52. The Morgan fingerprint density at radius 1 is 1.38 bits per heavy atom. The number of carbonyl (C=O) groups excluding carboxylic acids is 2. The van der Waals surface area contributed by atoms with Crippen LogP contribution in [0.1, 0.15) is 61.5 Å². The number of carbonyl (C=O) groups is 2. The van der Waals surface area contributed by atoms with Crippen LogP contribution in [0.15, 0.2) is 11.6 Å². The SMILES string of the molecule is [2H]C1C(=O)C=C2CCC3C(C(O)C[C@@]4(C)C3CC[C@]4(O)C(=O)CO)[C@@]2(C)C1[2H]. The number of allylic oxidation sites excluding steroid dienone is 1. The summed E-state index contributed by atoms with van der Waals surface area (Å²) in [4.78, 5) is 24.5. The van der Waals surface area contributed by atoms with Crippen molar-refractivity contribution < 1.29 is 27.7 Å². The molecule has 0 saturated heterocycles. The number of rotatable bonds is 2. The van der Waals surface area contributed by atoms with Gasteiger partial charge in [-0.15, -0.1) is 0 Å². The van der Waals surface area contributed by atoms with Gasteiger partial charge in [0, 0.05) is 14.6 Å². The molecule has 0 radical (unpaired) electrons. The highest BCUT2D eigenvalue weighted by atomic mass is 16.3. The molecule has 0 aromatic carbocycles. The van der Waals surface area contributed by atoms with E-state index in [1.54, 1.807) is 0 Å². The molecule has 0 aromatic rings. The summed E-state index contributed by atoms with van der Waals surface area (Å²) in [5.41, 5.74) is -2.36. The van der Waals surface area contributed by atoms with Crippen molar-refractivity contribution >= 4 is 11.6 Å². The number of hydrogen-bond acceptors (Lipinski definition) is 5. The van der Waals surface area contributed by atoms with Gasteiger partial charge in [0.15, 0.2) is 11.6 Å². The molecule has 6 unspecified atom stereocenters. The van der Waals surface area contributed by atoms with Crippen LogP contribution in [0.5, 0.6) is 0 Å². The highest BCUT2D eigenvalue weighted by Crippen LogP contribution is 2.67. The van der Waals surface area contributed by atoms with Crippen LogP contribution in [-0.4, -0.2) is 45.2 Å². The molecule has 0 aliphatic heterocycles. The molecule has 3 fully saturated rings. The Hall–Kier alpha value is -1.04. The highest BCUT2D eigenvalue weighted by Gasteiger charge is 2.68. The normalized spacial score (nSPS) is 57.3. The Morgan fingerprint density at radius 2 is 2.12 bits per heavy atom. The van der Waals surface area contributed by atoms with Crippen molar-refractivity contribution in [2.24, 2.45) is 28.6 Å². The zero-order valence-corrected chi connectivity index (χ0v) is 15.4. The molecular formula is C21H30O5. The van der Waals surface area contributed by atoms with Crippen molar-refractivity contribution in [2.75, 3.05) is 6.61 Å². The maximum Gasteiger partial charge on any atom is 0.190 e. The van der Waals surface area contributed by atoms with Crippen LogP contribution in [-0.2, 0) is 9.59 Å². The summed E-state index contributed by atoms with van der Waals surface area (Å²) >= 11 is 0. The Labute approximate surface area is 157 Å². The Balaban J connectivity index is 1.77. The molecule has 144 valence electrons. The van der Waals surface area contributed by atoms with Gasteiger partial charge >= 0.3 is 0 Å². The summed E-state index contributed by atoms with van der Waals surface area (Å²) in [7, 11) is 0. The van der Waals surface area contributed by atoms with Crippen LogP contribution >= 0.6 is 0 Å². The molecule has 4 aliphatic carbocycles. The lowest BCUT2D eigenvalue weighted by atomic mass is 9.45. The lowest BCUT2D eigenvalue weighted by molar-refractivity contribution is -0.182. The third-order valence-corrected chi connectivity index (χ3v) is 8.25. The minimum Gasteiger partial charge on any atom is -0.393 e. The van der Waals surface area contributed by atoms with Gasteiger partial charge in [0.05, 0.1) is 6.10 Å². The number of hydrogen-bond donors (Lipinski definition) is 3. The Bertz CT molecular complexity index is 753. The zero-order valence-electron chi connectivity index (χ0n) is 17.4. The molecule has 3 N–H and O–H groups in total. The highest BCUT2D eigenvalue weighted by molar-refractivity contribution is 5.91. The fourth-order valence-corrected chi connectivity index (χ4v) is 6.92. The van der Waals surface area contributed by atoms with Crippen molar-refractivity contribution in [3.8, 4) is 0 Å². The third kappa shape index (κ3) is 2.14. The first-order valence-electron chi connectivity index (χ1n) is 10.8. The molecule has 4 rings (SSSR count). The van der Waals surface area contributed by atoms with E-state index < -0.39 is 47.7 Å². The number of ketones is 2. The van der Waals surface area contributed by atoms with Crippen molar-refractivity contribution in [1.82, 2.24) is 0 Å². The van der Waals surface area contributed by atoms with E-state index in [-0.39, 0.29) is 36.4 Å². The van der Waals surface area contributed by atoms with Gasteiger partial charge in [-0.3, -0.25) is 9.59 Å². The molecule has 0 bridgehead atoms. The maximum atomic E-state index is 12.4. The van der Waals surface area contributed by atoms with E-state index in [4.69, 9.17) is 2.74 Å².